The summed E-state index contributed by atoms with van der Waals surface area (Å²) >= 11 is 1.33. The van der Waals surface area contributed by atoms with Gasteiger partial charge >= 0.3 is 5.97 Å². The molecule has 0 spiro atoms. The normalized spacial score (nSPS) is 9.24. The Morgan fingerprint density at radius 2 is 1.69 bits per heavy atom. The van der Waals surface area contributed by atoms with Gasteiger partial charge in [0.2, 0.25) is 5.90 Å². The number of hydrogen-bond donors (Lipinski definition) is 3. The molecule has 0 unspecified atom stereocenters. The highest BCUT2D eigenvalue weighted by molar-refractivity contribution is 7.97. The summed E-state index contributed by atoms with van der Waals surface area (Å²) in [6.45, 7) is 11.5. The fourth-order valence-electron chi connectivity index (χ4n) is 1.80. The number of nitrogens with one attached hydrogen (secondary N) is 2. The van der Waals surface area contributed by atoms with Crippen molar-refractivity contribution in [2.45, 2.75) is 45.4 Å². The van der Waals surface area contributed by atoms with Crippen LogP contribution in [0.3, 0.4) is 0 Å². The zero-order valence-electron chi connectivity index (χ0n) is 17.6. The summed E-state index contributed by atoms with van der Waals surface area (Å²) in [5, 5.41) is 18.9. The van der Waals surface area contributed by atoms with E-state index >= 15 is 0 Å². The summed E-state index contributed by atoms with van der Waals surface area (Å²) < 4.78 is 2.74. The van der Waals surface area contributed by atoms with Crippen LogP contribution in [0.15, 0.2) is 58.6 Å². The van der Waals surface area contributed by atoms with Gasteiger partial charge in [-0.3, -0.25) is 10.2 Å². The molecule has 0 aliphatic carbocycles. The van der Waals surface area contributed by atoms with Crippen LogP contribution in [0.1, 0.15) is 43.9 Å². The number of benzene rings is 2. The highest BCUT2D eigenvalue weighted by atomic mass is 32.2. The lowest BCUT2D eigenvalue weighted by molar-refractivity contribution is -0.135. The third kappa shape index (κ3) is 13.2. The van der Waals surface area contributed by atoms with E-state index in [1.165, 1.54) is 29.5 Å². The van der Waals surface area contributed by atoms with Crippen LogP contribution in [-0.2, 0) is 16.1 Å². The third-order valence-electron chi connectivity index (χ3n) is 3.21. The number of carboxylic acids is 1. The zero-order chi connectivity index (χ0) is 22.1. The molecule has 7 heteroatoms. The van der Waals surface area contributed by atoms with Crippen molar-refractivity contribution in [2.24, 2.45) is 5.16 Å². The van der Waals surface area contributed by atoms with Crippen molar-refractivity contribution in [1.82, 2.24) is 4.72 Å². The van der Waals surface area contributed by atoms with Crippen molar-refractivity contribution in [3.63, 3.8) is 0 Å². The number of rotatable bonds is 7. The predicted octanol–water partition coefficient (Wildman–Crippen LogP) is 5.30. The van der Waals surface area contributed by atoms with Gasteiger partial charge in [-0.2, -0.15) is 0 Å². The molecule has 6 nitrogen and oxygen atoms in total. The SMILES string of the molecule is C=NOC(=N)c1ccc(CC)cc1.CCC.Cc1ccc(SNCC(=O)O)cc1. The van der Waals surface area contributed by atoms with Gasteiger partial charge in [0.15, 0.2) is 0 Å². The molecule has 0 saturated heterocycles. The van der Waals surface area contributed by atoms with Gasteiger partial charge in [0.05, 0.1) is 0 Å². The molecular formula is C22H31N3O3S. The van der Waals surface area contributed by atoms with E-state index < -0.39 is 5.97 Å². The molecular weight excluding hydrogens is 386 g/mol. The van der Waals surface area contributed by atoms with Gasteiger partial charge in [-0.25, -0.2) is 4.72 Å². The zero-order valence-corrected chi connectivity index (χ0v) is 18.4. The Bertz CT molecular complexity index is 732. The summed E-state index contributed by atoms with van der Waals surface area (Å²) in [5.74, 6) is -0.822. The minimum absolute atomic E-state index is 0.0256. The van der Waals surface area contributed by atoms with Crippen LogP contribution < -0.4 is 4.72 Å². The van der Waals surface area contributed by atoms with Gasteiger partial charge in [0.1, 0.15) is 6.54 Å². The second-order valence-corrected chi connectivity index (χ2v) is 6.90. The van der Waals surface area contributed by atoms with E-state index in [9.17, 15) is 4.79 Å². The molecule has 3 N–H and O–H groups in total. The summed E-state index contributed by atoms with van der Waals surface area (Å²) in [4.78, 5) is 15.8. The molecule has 158 valence electrons. The predicted molar refractivity (Wildman–Crippen MR) is 122 cm³/mol. The standard InChI is InChI=1S/C10H12N2O.C9H11NO2S.C3H8/c1-3-8-4-6-9(7-5-8)10(11)13-12-2;1-7-2-4-8(5-3-7)13-10-6-9(11)12;1-3-2/h4-7,11H,2-3H2,1H3;2-5,10H,6H2,1H3,(H,11,12);3H2,1-2H3. The number of hydrogen-bond acceptors (Lipinski definition) is 6. The molecule has 2 aromatic rings. The largest absolute Gasteiger partial charge is 0.480 e. The number of oxime groups is 1. The first-order chi connectivity index (χ1) is 13.9. The van der Waals surface area contributed by atoms with Gasteiger partial charge in [0, 0.05) is 17.2 Å². The Hall–Kier alpha value is -2.64. The van der Waals surface area contributed by atoms with E-state index in [0.717, 1.165) is 11.3 Å². The first-order valence-corrected chi connectivity index (χ1v) is 10.2. The summed E-state index contributed by atoms with van der Waals surface area (Å²) in [6.07, 6.45) is 2.24. The van der Waals surface area contributed by atoms with Crippen LogP contribution >= 0.6 is 11.9 Å². The van der Waals surface area contributed by atoms with Crippen molar-refractivity contribution in [1.29, 1.82) is 5.41 Å². The monoisotopic (exact) mass is 417 g/mol. The van der Waals surface area contributed by atoms with Gasteiger partial charge in [-0.1, -0.05) is 62.2 Å². The summed E-state index contributed by atoms with van der Waals surface area (Å²) in [5.41, 5.74) is 3.15. The first-order valence-electron chi connectivity index (χ1n) is 9.36. The molecule has 0 fully saturated rings. The lowest BCUT2D eigenvalue weighted by atomic mass is 10.1. The third-order valence-corrected chi connectivity index (χ3v) is 4.01. The number of aryl methyl sites for hydroxylation is 2. The van der Waals surface area contributed by atoms with E-state index in [0.29, 0.717) is 5.56 Å². The minimum atomic E-state index is -0.848. The second kappa shape index (κ2) is 16.3. The number of carboxylic acid groups (broad SMARTS) is 1. The maximum Gasteiger partial charge on any atom is 0.318 e. The van der Waals surface area contributed by atoms with Gasteiger partial charge in [-0.05, 0) is 55.1 Å². The van der Waals surface area contributed by atoms with E-state index in [1.807, 2.05) is 55.5 Å². The van der Waals surface area contributed by atoms with Crippen molar-refractivity contribution < 1.29 is 14.7 Å². The van der Waals surface area contributed by atoms with Crippen molar-refractivity contribution in [3.8, 4) is 0 Å². The van der Waals surface area contributed by atoms with Crippen LogP contribution in [-0.4, -0.2) is 30.2 Å². The molecule has 0 radical (unpaired) electrons. The van der Waals surface area contributed by atoms with Gasteiger partial charge in [0.25, 0.3) is 0 Å². The molecule has 0 aliphatic rings. The maximum absolute atomic E-state index is 10.2. The molecule has 2 rings (SSSR count). The molecule has 0 heterocycles. The number of aliphatic carboxylic acids is 1. The van der Waals surface area contributed by atoms with Crippen molar-refractivity contribution in [2.75, 3.05) is 6.54 Å². The van der Waals surface area contributed by atoms with Gasteiger partial charge in [-0.15, -0.1) is 0 Å². The Kier molecular flexibility index (Phi) is 14.8. The van der Waals surface area contributed by atoms with Crippen LogP contribution in [0.25, 0.3) is 0 Å². The topological polar surface area (TPSA) is 94.8 Å². The highest BCUT2D eigenvalue weighted by Crippen LogP contribution is 2.14. The molecule has 0 atom stereocenters. The van der Waals surface area contributed by atoms with Crippen LogP contribution in [0.4, 0.5) is 0 Å². The Labute approximate surface area is 178 Å². The average molecular weight is 418 g/mol. The fraction of sp³-hybridized carbons (Fsp3) is 0.318. The number of carbonyl (C=O) groups is 1. The van der Waals surface area contributed by atoms with Gasteiger partial charge < -0.3 is 9.94 Å². The van der Waals surface area contributed by atoms with E-state index in [-0.39, 0.29) is 12.4 Å². The van der Waals surface area contributed by atoms with E-state index in [2.05, 4.69) is 42.2 Å². The summed E-state index contributed by atoms with van der Waals surface area (Å²) in [7, 11) is 0. The van der Waals surface area contributed by atoms with Crippen molar-refractivity contribution in [3.05, 3.63) is 65.2 Å². The van der Waals surface area contributed by atoms with E-state index in [1.54, 1.807) is 0 Å². The van der Waals surface area contributed by atoms with E-state index in [4.69, 9.17) is 10.5 Å². The quantitative estimate of drug-likeness (QED) is 0.246. The molecule has 29 heavy (non-hydrogen) atoms. The van der Waals surface area contributed by atoms with Crippen LogP contribution in [0, 0.1) is 12.3 Å². The molecule has 2 aromatic carbocycles. The Morgan fingerprint density at radius 1 is 1.14 bits per heavy atom. The Balaban J connectivity index is 0.000000477. The fourth-order valence-corrected chi connectivity index (χ4v) is 2.43. The molecule has 0 amide bonds. The molecule has 0 aromatic heterocycles. The maximum atomic E-state index is 10.2. The highest BCUT2D eigenvalue weighted by Gasteiger charge is 2.01. The molecule has 0 saturated carbocycles. The van der Waals surface area contributed by atoms with Crippen molar-refractivity contribution >= 4 is 30.5 Å². The molecule has 0 bridgehead atoms. The lowest BCUT2D eigenvalue weighted by Gasteiger charge is -2.01. The minimum Gasteiger partial charge on any atom is -0.480 e. The second-order valence-electron chi connectivity index (χ2n) is 5.94. The smallest absolute Gasteiger partial charge is 0.318 e. The summed E-state index contributed by atoms with van der Waals surface area (Å²) in [6, 6.07) is 15.5. The number of nitrogens with zero attached hydrogens (tertiary/aromatic N) is 1. The molecule has 0 aliphatic heterocycles. The lowest BCUT2D eigenvalue weighted by Crippen LogP contribution is -2.15. The van der Waals surface area contributed by atoms with Crippen LogP contribution in [0.5, 0.6) is 0 Å². The van der Waals surface area contributed by atoms with Crippen LogP contribution in [0.2, 0.25) is 0 Å². The first kappa shape index (κ1) is 26.4. The average Bonchev–Trinajstić information content (AvgIpc) is 2.71. The Morgan fingerprint density at radius 3 is 2.14 bits per heavy atom.